The zero-order chi connectivity index (χ0) is 21.1. The summed E-state index contributed by atoms with van der Waals surface area (Å²) in [6.45, 7) is 3.31. The minimum atomic E-state index is -0.745. The van der Waals surface area contributed by atoms with Gasteiger partial charge in [0.1, 0.15) is 17.0 Å². The number of esters is 1. The van der Waals surface area contributed by atoms with Gasteiger partial charge in [-0.1, -0.05) is 36.0 Å². The third kappa shape index (κ3) is 4.39. The summed E-state index contributed by atoms with van der Waals surface area (Å²) < 4.78 is 7.08. The molecule has 1 fully saturated rings. The van der Waals surface area contributed by atoms with Crippen molar-refractivity contribution in [3.05, 3.63) is 44.8 Å². The number of aromatic nitrogens is 2. The van der Waals surface area contributed by atoms with Crippen molar-refractivity contribution >= 4 is 40.9 Å². The maximum Gasteiger partial charge on any atom is 0.340 e. The summed E-state index contributed by atoms with van der Waals surface area (Å²) in [5, 5.41) is 12.5. The molecule has 2 heterocycles. The van der Waals surface area contributed by atoms with Gasteiger partial charge >= 0.3 is 5.97 Å². The van der Waals surface area contributed by atoms with Gasteiger partial charge in [0.2, 0.25) is 0 Å². The van der Waals surface area contributed by atoms with Crippen LogP contribution in [0.5, 0.6) is 0 Å². The van der Waals surface area contributed by atoms with Crippen LogP contribution in [0.1, 0.15) is 58.9 Å². The molecule has 0 radical (unpaired) electrons. The van der Waals surface area contributed by atoms with Gasteiger partial charge in [-0.15, -0.1) is 0 Å². The molecule has 0 aliphatic heterocycles. The van der Waals surface area contributed by atoms with Crippen molar-refractivity contribution < 1.29 is 14.3 Å². The Morgan fingerprint density at radius 3 is 2.66 bits per heavy atom. The van der Waals surface area contributed by atoms with Gasteiger partial charge in [-0.3, -0.25) is 4.79 Å². The molecule has 0 saturated heterocycles. The number of anilines is 1. The SMILES string of the molecule is Cc1c(C#N)c(NC(=O)COC(=O)c2cnc(Cl)c(Cl)c2)n(C2CCCC2)c1C. The highest BCUT2D eigenvalue weighted by Crippen LogP contribution is 2.37. The van der Waals surface area contributed by atoms with Crippen molar-refractivity contribution in [2.24, 2.45) is 0 Å². The Bertz CT molecular complexity index is 1000. The van der Waals surface area contributed by atoms with E-state index in [1.165, 1.54) is 12.3 Å². The molecule has 1 aliphatic rings. The van der Waals surface area contributed by atoms with Crippen molar-refractivity contribution in [3.8, 4) is 6.07 Å². The zero-order valence-electron chi connectivity index (χ0n) is 16.1. The van der Waals surface area contributed by atoms with E-state index in [0.29, 0.717) is 11.4 Å². The minimum Gasteiger partial charge on any atom is -0.452 e. The zero-order valence-corrected chi connectivity index (χ0v) is 17.6. The molecule has 0 spiro atoms. The number of hydrogen-bond donors (Lipinski definition) is 1. The lowest BCUT2D eigenvalue weighted by molar-refractivity contribution is -0.119. The van der Waals surface area contributed by atoms with E-state index >= 15 is 0 Å². The largest absolute Gasteiger partial charge is 0.452 e. The van der Waals surface area contributed by atoms with Gasteiger partial charge in [0, 0.05) is 17.9 Å². The lowest BCUT2D eigenvalue weighted by Crippen LogP contribution is -2.24. The minimum absolute atomic E-state index is 0.0726. The van der Waals surface area contributed by atoms with Crippen LogP contribution in [0.25, 0.3) is 0 Å². The molecule has 1 aliphatic carbocycles. The fourth-order valence-electron chi connectivity index (χ4n) is 3.62. The first kappa shape index (κ1) is 21.2. The number of hydrogen-bond acceptors (Lipinski definition) is 5. The summed E-state index contributed by atoms with van der Waals surface area (Å²) in [5.74, 6) is -0.809. The number of nitrogens with zero attached hydrogens (tertiary/aromatic N) is 3. The Morgan fingerprint density at radius 1 is 1.34 bits per heavy atom. The first-order chi connectivity index (χ1) is 13.8. The van der Waals surface area contributed by atoms with Gasteiger partial charge < -0.3 is 14.6 Å². The number of carbonyl (C=O) groups excluding carboxylic acids is 2. The van der Waals surface area contributed by atoms with Crippen molar-refractivity contribution in [3.63, 3.8) is 0 Å². The summed E-state index contributed by atoms with van der Waals surface area (Å²) in [7, 11) is 0. The molecule has 7 nitrogen and oxygen atoms in total. The van der Waals surface area contributed by atoms with E-state index in [2.05, 4.69) is 16.4 Å². The number of pyridine rings is 1. The number of nitriles is 1. The molecular formula is C20H20Cl2N4O3. The van der Waals surface area contributed by atoms with Gasteiger partial charge in [-0.25, -0.2) is 9.78 Å². The number of amides is 1. The van der Waals surface area contributed by atoms with Crippen molar-refractivity contribution in [1.82, 2.24) is 9.55 Å². The van der Waals surface area contributed by atoms with Crippen LogP contribution in [-0.4, -0.2) is 28.0 Å². The quantitative estimate of drug-likeness (QED) is 0.547. The second-order valence-electron chi connectivity index (χ2n) is 6.98. The molecule has 152 valence electrons. The van der Waals surface area contributed by atoms with Gasteiger partial charge in [-0.05, 0) is 38.3 Å². The Hall–Kier alpha value is -2.56. The van der Waals surface area contributed by atoms with Gasteiger partial charge in [0.05, 0.1) is 16.1 Å². The number of halogens is 2. The second-order valence-corrected chi connectivity index (χ2v) is 7.74. The molecule has 2 aromatic heterocycles. The summed E-state index contributed by atoms with van der Waals surface area (Å²) >= 11 is 11.6. The second kappa shape index (κ2) is 8.85. The molecule has 0 aromatic carbocycles. The van der Waals surface area contributed by atoms with Crippen LogP contribution in [0.15, 0.2) is 12.3 Å². The molecule has 1 amide bonds. The number of rotatable bonds is 5. The van der Waals surface area contributed by atoms with Crippen LogP contribution in [0.4, 0.5) is 5.82 Å². The fourth-order valence-corrected chi connectivity index (χ4v) is 3.89. The molecule has 1 saturated carbocycles. The predicted molar refractivity (Wildman–Crippen MR) is 109 cm³/mol. The lowest BCUT2D eigenvalue weighted by Gasteiger charge is -2.19. The normalized spacial score (nSPS) is 13.9. The number of ether oxygens (including phenoxy) is 1. The molecular weight excluding hydrogens is 415 g/mol. The molecule has 2 aromatic rings. The van der Waals surface area contributed by atoms with Crippen molar-refractivity contribution in [2.75, 3.05) is 11.9 Å². The van der Waals surface area contributed by atoms with E-state index in [4.69, 9.17) is 27.9 Å². The highest BCUT2D eigenvalue weighted by Gasteiger charge is 2.27. The van der Waals surface area contributed by atoms with Gasteiger partial charge in [0.25, 0.3) is 5.91 Å². The average molecular weight is 435 g/mol. The van der Waals surface area contributed by atoms with Crippen LogP contribution in [0, 0.1) is 25.2 Å². The topological polar surface area (TPSA) is 97.0 Å². The first-order valence-electron chi connectivity index (χ1n) is 9.23. The first-order valence-corrected chi connectivity index (χ1v) is 9.98. The fraction of sp³-hybridized carbons (Fsp3) is 0.400. The monoisotopic (exact) mass is 434 g/mol. The highest BCUT2D eigenvalue weighted by atomic mass is 35.5. The summed E-state index contributed by atoms with van der Waals surface area (Å²) in [6, 6.07) is 3.75. The van der Waals surface area contributed by atoms with Gasteiger partial charge in [-0.2, -0.15) is 5.26 Å². The van der Waals surface area contributed by atoms with Crippen LogP contribution in [0.2, 0.25) is 10.2 Å². The molecule has 3 rings (SSSR count). The maximum atomic E-state index is 12.5. The third-order valence-electron chi connectivity index (χ3n) is 5.18. The number of carbonyl (C=O) groups is 2. The Labute approximate surface area is 178 Å². The Kier molecular flexibility index (Phi) is 6.46. The molecule has 1 N–H and O–H groups in total. The number of nitrogens with one attached hydrogen (secondary N) is 1. The van der Waals surface area contributed by atoms with Crippen LogP contribution in [0.3, 0.4) is 0 Å². The highest BCUT2D eigenvalue weighted by molar-refractivity contribution is 6.41. The summed E-state index contributed by atoms with van der Waals surface area (Å²) in [5.41, 5.74) is 2.32. The maximum absolute atomic E-state index is 12.5. The summed E-state index contributed by atoms with van der Waals surface area (Å²) in [6.07, 6.45) is 5.46. The molecule has 0 unspecified atom stereocenters. The summed E-state index contributed by atoms with van der Waals surface area (Å²) in [4.78, 5) is 28.4. The van der Waals surface area contributed by atoms with E-state index in [1.54, 1.807) is 0 Å². The van der Waals surface area contributed by atoms with E-state index in [-0.39, 0.29) is 21.8 Å². The van der Waals surface area contributed by atoms with E-state index < -0.39 is 18.5 Å². The van der Waals surface area contributed by atoms with E-state index in [0.717, 1.165) is 36.9 Å². The van der Waals surface area contributed by atoms with Gasteiger partial charge in [0.15, 0.2) is 6.61 Å². The van der Waals surface area contributed by atoms with E-state index in [1.807, 2.05) is 18.4 Å². The van der Waals surface area contributed by atoms with Crippen molar-refractivity contribution in [1.29, 1.82) is 5.26 Å². The van der Waals surface area contributed by atoms with Crippen LogP contribution >= 0.6 is 23.2 Å². The van der Waals surface area contributed by atoms with Crippen LogP contribution in [-0.2, 0) is 9.53 Å². The Morgan fingerprint density at radius 2 is 2.03 bits per heavy atom. The third-order valence-corrected chi connectivity index (χ3v) is 5.87. The molecule has 0 bridgehead atoms. The average Bonchev–Trinajstić information content (AvgIpc) is 3.29. The Balaban J connectivity index is 1.73. The molecule has 9 heteroatoms. The predicted octanol–water partition coefficient (Wildman–Crippen LogP) is 4.59. The van der Waals surface area contributed by atoms with E-state index in [9.17, 15) is 14.9 Å². The standard InChI is InChI=1S/C20H20Cl2N4O3/c1-11-12(2)26(14-5-3-4-6-14)19(15(11)8-23)25-17(27)10-29-20(28)13-7-16(21)18(22)24-9-13/h7,9,14H,3-6,10H2,1-2H3,(H,25,27). The van der Waals surface area contributed by atoms with Crippen molar-refractivity contribution in [2.45, 2.75) is 45.6 Å². The smallest absolute Gasteiger partial charge is 0.340 e. The van der Waals surface area contributed by atoms with Crippen LogP contribution < -0.4 is 5.32 Å². The lowest BCUT2D eigenvalue weighted by atomic mass is 10.2. The molecule has 0 atom stereocenters. The molecule has 29 heavy (non-hydrogen) atoms.